The molecule has 0 aliphatic heterocycles. The van der Waals surface area contributed by atoms with Crippen LogP contribution in [-0.2, 0) is 6.54 Å². The minimum atomic E-state index is 0.861. The SMILES string of the molecule is c1ccc(Cn2c3ccccc3c3cc(-n4c5ccccc5c5ccccc54)ccc32)cc1. The molecule has 0 unspecified atom stereocenters. The number of hydrogen-bond donors (Lipinski definition) is 0. The third kappa shape index (κ3) is 2.74. The standard InChI is InChI=1S/C31H22N2/c1-2-10-22(11-3-1)21-32-28-15-7-4-14-26(28)27-20-23(18-19-29(27)32)33-30-16-8-5-12-24(30)25-13-6-9-17-31(25)33/h1-20H,21H2. The van der Waals surface area contributed by atoms with Crippen molar-refractivity contribution in [2.45, 2.75) is 6.54 Å². The molecule has 2 nitrogen and oxygen atoms in total. The summed E-state index contributed by atoms with van der Waals surface area (Å²) in [6.45, 7) is 0.861. The molecule has 0 fully saturated rings. The molecule has 7 aromatic rings. The molecule has 0 spiro atoms. The van der Waals surface area contributed by atoms with E-state index in [2.05, 4.69) is 130 Å². The van der Waals surface area contributed by atoms with Crippen LogP contribution in [0.25, 0.3) is 49.3 Å². The van der Waals surface area contributed by atoms with Gasteiger partial charge in [-0.2, -0.15) is 0 Å². The summed E-state index contributed by atoms with van der Waals surface area (Å²) in [5.41, 5.74) is 7.53. The molecule has 0 saturated carbocycles. The van der Waals surface area contributed by atoms with Gasteiger partial charge in [0, 0.05) is 44.8 Å². The van der Waals surface area contributed by atoms with E-state index in [1.54, 1.807) is 0 Å². The van der Waals surface area contributed by atoms with Gasteiger partial charge in [0.1, 0.15) is 0 Å². The first-order valence-corrected chi connectivity index (χ1v) is 11.4. The van der Waals surface area contributed by atoms with E-state index in [4.69, 9.17) is 0 Å². The molecule has 0 radical (unpaired) electrons. The summed E-state index contributed by atoms with van der Waals surface area (Å²) in [7, 11) is 0. The van der Waals surface area contributed by atoms with E-state index in [0.717, 1.165) is 6.54 Å². The smallest absolute Gasteiger partial charge is 0.0541 e. The molecule has 0 N–H and O–H groups in total. The lowest BCUT2D eigenvalue weighted by Gasteiger charge is -2.10. The van der Waals surface area contributed by atoms with Crippen LogP contribution in [0.2, 0.25) is 0 Å². The van der Waals surface area contributed by atoms with Crippen LogP contribution in [0.1, 0.15) is 5.56 Å². The second-order valence-corrected chi connectivity index (χ2v) is 8.66. The second-order valence-electron chi connectivity index (χ2n) is 8.66. The number of rotatable bonds is 3. The molecule has 5 aromatic carbocycles. The molecule has 0 aliphatic carbocycles. The van der Waals surface area contributed by atoms with Crippen LogP contribution in [0.3, 0.4) is 0 Å². The molecule has 2 aromatic heterocycles. The van der Waals surface area contributed by atoms with E-state index in [-0.39, 0.29) is 0 Å². The first kappa shape index (κ1) is 18.3. The van der Waals surface area contributed by atoms with Crippen molar-refractivity contribution < 1.29 is 0 Å². The number of para-hydroxylation sites is 3. The molecule has 2 heteroatoms. The maximum atomic E-state index is 2.44. The van der Waals surface area contributed by atoms with Crippen molar-refractivity contribution in [3.05, 3.63) is 127 Å². The van der Waals surface area contributed by atoms with Crippen molar-refractivity contribution in [1.29, 1.82) is 0 Å². The highest BCUT2D eigenvalue weighted by Crippen LogP contribution is 2.35. The minimum Gasteiger partial charge on any atom is -0.336 e. The van der Waals surface area contributed by atoms with Crippen molar-refractivity contribution in [3.8, 4) is 5.69 Å². The lowest BCUT2D eigenvalue weighted by atomic mass is 10.1. The van der Waals surface area contributed by atoms with Gasteiger partial charge < -0.3 is 9.13 Å². The summed E-state index contributed by atoms with van der Waals surface area (Å²) in [6.07, 6.45) is 0. The van der Waals surface area contributed by atoms with Gasteiger partial charge in [-0.05, 0) is 42.0 Å². The van der Waals surface area contributed by atoms with Crippen LogP contribution in [0, 0.1) is 0 Å². The second kappa shape index (κ2) is 7.11. The Hall–Kier alpha value is -4.30. The molecule has 0 atom stereocenters. The van der Waals surface area contributed by atoms with Crippen LogP contribution in [0.5, 0.6) is 0 Å². The van der Waals surface area contributed by atoms with Crippen LogP contribution in [0.4, 0.5) is 0 Å². The Morgan fingerprint density at radius 2 is 0.939 bits per heavy atom. The third-order valence-corrected chi connectivity index (χ3v) is 6.78. The summed E-state index contributed by atoms with van der Waals surface area (Å²) in [5, 5.41) is 5.17. The normalized spacial score (nSPS) is 11.8. The highest BCUT2D eigenvalue weighted by Gasteiger charge is 2.15. The number of nitrogens with zero attached hydrogens (tertiary/aromatic N) is 2. The zero-order valence-electron chi connectivity index (χ0n) is 18.1. The van der Waals surface area contributed by atoms with Crippen LogP contribution >= 0.6 is 0 Å². The van der Waals surface area contributed by atoms with Gasteiger partial charge in [0.15, 0.2) is 0 Å². The Bertz CT molecular complexity index is 1730. The van der Waals surface area contributed by atoms with Gasteiger partial charge in [-0.1, -0.05) is 84.9 Å². The number of hydrogen-bond acceptors (Lipinski definition) is 0. The van der Waals surface area contributed by atoms with Gasteiger partial charge >= 0.3 is 0 Å². The van der Waals surface area contributed by atoms with Gasteiger partial charge in [0.05, 0.1) is 11.0 Å². The molecule has 0 amide bonds. The lowest BCUT2D eigenvalue weighted by molar-refractivity contribution is 0.869. The fraction of sp³-hybridized carbons (Fsp3) is 0.0323. The fourth-order valence-electron chi connectivity index (χ4n) is 5.32. The Morgan fingerprint density at radius 1 is 0.424 bits per heavy atom. The zero-order chi connectivity index (χ0) is 21.8. The predicted octanol–water partition coefficient (Wildman–Crippen LogP) is 7.94. The maximum Gasteiger partial charge on any atom is 0.0541 e. The molecular weight excluding hydrogens is 400 g/mol. The third-order valence-electron chi connectivity index (χ3n) is 6.78. The summed E-state index contributed by atoms with van der Waals surface area (Å²) in [6, 6.07) is 43.8. The lowest BCUT2D eigenvalue weighted by Crippen LogP contribution is -1.99. The van der Waals surface area contributed by atoms with Gasteiger partial charge in [-0.25, -0.2) is 0 Å². The number of aromatic nitrogens is 2. The van der Waals surface area contributed by atoms with Crippen molar-refractivity contribution in [1.82, 2.24) is 9.13 Å². The monoisotopic (exact) mass is 422 g/mol. The zero-order valence-corrected chi connectivity index (χ0v) is 18.1. The molecule has 2 heterocycles. The Morgan fingerprint density at radius 3 is 1.61 bits per heavy atom. The van der Waals surface area contributed by atoms with Gasteiger partial charge in [0.2, 0.25) is 0 Å². The quantitative estimate of drug-likeness (QED) is 0.273. The minimum absolute atomic E-state index is 0.861. The highest BCUT2D eigenvalue weighted by atomic mass is 15.0. The summed E-state index contributed by atoms with van der Waals surface area (Å²) in [4.78, 5) is 0. The van der Waals surface area contributed by atoms with Gasteiger partial charge in [-0.3, -0.25) is 0 Å². The largest absolute Gasteiger partial charge is 0.336 e. The van der Waals surface area contributed by atoms with Crippen molar-refractivity contribution in [2.24, 2.45) is 0 Å². The van der Waals surface area contributed by atoms with E-state index < -0.39 is 0 Å². The summed E-state index contributed by atoms with van der Waals surface area (Å²) < 4.78 is 4.84. The molecule has 33 heavy (non-hydrogen) atoms. The van der Waals surface area contributed by atoms with Crippen LogP contribution in [0.15, 0.2) is 121 Å². The molecule has 0 aliphatic rings. The molecule has 156 valence electrons. The number of benzene rings is 5. The van der Waals surface area contributed by atoms with E-state index in [1.807, 2.05) is 0 Å². The van der Waals surface area contributed by atoms with Crippen LogP contribution in [-0.4, -0.2) is 9.13 Å². The topological polar surface area (TPSA) is 9.86 Å². The molecule has 0 bridgehead atoms. The maximum absolute atomic E-state index is 2.44. The highest BCUT2D eigenvalue weighted by molar-refractivity contribution is 6.11. The molecule has 0 saturated heterocycles. The Kier molecular flexibility index (Phi) is 3.94. The summed E-state index contributed by atoms with van der Waals surface area (Å²) >= 11 is 0. The average Bonchev–Trinajstić information content (AvgIpc) is 3.38. The van der Waals surface area contributed by atoms with Gasteiger partial charge in [0.25, 0.3) is 0 Å². The Labute approximate surface area is 191 Å². The first-order valence-electron chi connectivity index (χ1n) is 11.4. The number of fused-ring (bicyclic) bond motifs is 6. The summed E-state index contributed by atoms with van der Waals surface area (Å²) in [5.74, 6) is 0. The van der Waals surface area contributed by atoms with Crippen molar-refractivity contribution in [2.75, 3.05) is 0 Å². The predicted molar refractivity (Wildman–Crippen MR) is 139 cm³/mol. The van der Waals surface area contributed by atoms with Crippen molar-refractivity contribution in [3.63, 3.8) is 0 Å². The van der Waals surface area contributed by atoms with E-state index in [0.29, 0.717) is 0 Å². The molecule has 7 rings (SSSR count). The first-order chi connectivity index (χ1) is 16.4. The fourth-order valence-corrected chi connectivity index (χ4v) is 5.32. The van der Waals surface area contributed by atoms with E-state index in [1.165, 1.54) is 54.9 Å². The van der Waals surface area contributed by atoms with Crippen molar-refractivity contribution >= 4 is 43.6 Å². The Balaban J connectivity index is 1.52. The molecular formula is C31H22N2. The van der Waals surface area contributed by atoms with E-state index >= 15 is 0 Å². The van der Waals surface area contributed by atoms with Gasteiger partial charge in [-0.15, -0.1) is 0 Å². The van der Waals surface area contributed by atoms with Crippen LogP contribution < -0.4 is 0 Å². The average molecular weight is 423 g/mol. The van der Waals surface area contributed by atoms with E-state index in [9.17, 15) is 0 Å².